The second-order valence-electron chi connectivity index (χ2n) is 6.30. The van der Waals surface area contributed by atoms with Gasteiger partial charge in [-0.15, -0.1) is 13.2 Å². The fourth-order valence-electron chi connectivity index (χ4n) is 2.87. The number of alkyl halides is 3. The molecule has 0 amide bonds. The van der Waals surface area contributed by atoms with E-state index < -0.39 is 29.6 Å². The standard InChI is InChI=1S/C22H14F6O/c1-2-3-14-11-18(23)17(19(24)12-14)8-5-13-4-7-16-15(10-13)6-9-20(21(16)25)29-22(26,27)28/h4,6-7,9-12H,2-3H2,1H3. The Morgan fingerprint density at radius 3 is 2.21 bits per heavy atom. The van der Waals surface area contributed by atoms with Gasteiger partial charge < -0.3 is 4.74 Å². The van der Waals surface area contributed by atoms with E-state index in [0.717, 1.165) is 12.5 Å². The minimum absolute atomic E-state index is 0.0985. The SMILES string of the molecule is CCCc1cc(F)c(C#Cc2ccc3c(F)c(OC(F)(F)F)ccc3c2)c(F)c1. The van der Waals surface area contributed by atoms with Crippen LogP contribution in [0.15, 0.2) is 42.5 Å². The van der Waals surface area contributed by atoms with E-state index in [1.807, 2.05) is 6.92 Å². The minimum atomic E-state index is -5.01. The second-order valence-corrected chi connectivity index (χ2v) is 6.30. The third-order valence-corrected chi connectivity index (χ3v) is 4.12. The van der Waals surface area contributed by atoms with Crippen LogP contribution in [0.5, 0.6) is 5.75 Å². The molecule has 0 heterocycles. The Hall–Kier alpha value is -3.14. The number of rotatable bonds is 3. The monoisotopic (exact) mass is 408 g/mol. The lowest BCUT2D eigenvalue weighted by Crippen LogP contribution is -2.17. The summed E-state index contributed by atoms with van der Waals surface area (Å²) in [5.74, 6) is 1.36. The zero-order valence-electron chi connectivity index (χ0n) is 15.1. The van der Waals surface area contributed by atoms with Crippen molar-refractivity contribution < 1.29 is 31.1 Å². The lowest BCUT2D eigenvalue weighted by molar-refractivity contribution is -0.275. The molecule has 0 fully saturated rings. The van der Waals surface area contributed by atoms with E-state index in [1.165, 1.54) is 36.4 Å². The third kappa shape index (κ3) is 4.83. The molecular formula is C22H14F6O. The van der Waals surface area contributed by atoms with E-state index in [1.54, 1.807) is 0 Å². The maximum Gasteiger partial charge on any atom is 0.573 e. The highest BCUT2D eigenvalue weighted by atomic mass is 19.4. The van der Waals surface area contributed by atoms with Crippen LogP contribution in [0.3, 0.4) is 0 Å². The Bertz CT molecular complexity index is 1100. The number of fused-ring (bicyclic) bond motifs is 1. The van der Waals surface area contributed by atoms with Crippen LogP contribution in [-0.4, -0.2) is 6.36 Å². The normalized spacial score (nSPS) is 11.3. The van der Waals surface area contributed by atoms with Gasteiger partial charge in [-0.05, 0) is 47.7 Å². The molecule has 0 unspecified atom stereocenters. The molecule has 7 heteroatoms. The summed E-state index contributed by atoms with van der Waals surface area (Å²) in [6.45, 7) is 1.89. The zero-order chi connectivity index (χ0) is 21.2. The second kappa shape index (κ2) is 8.08. The molecular weight excluding hydrogens is 394 g/mol. The Kier molecular flexibility index (Phi) is 5.73. The Morgan fingerprint density at radius 1 is 0.897 bits per heavy atom. The Balaban J connectivity index is 1.94. The molecule has 29 heavy (non-hydrogen) atoms. The lowest BCUT2D eigenvalue weighted by Gasteiger charge is -2.11. The summed E-state index contributed by atoms with van der Waals surface area (Å²) in [5.41, 5.74) is 0.467. The molecule has 3 aromatic carbocycles. The summed E-state index contributed by atoms with van der Waals surface area (Å²) in [6.07, 6.45) is -3.73. The number of halogens is 6. The number of ether oxygens (including phenoxy) is 1. The van der Waals surface area contributed by atoms with Crippen molar-refractivity contribution in [2.75, 3.05) is 0 Å². The van der Waals surface area contributed by atoms with Gasteiger partial charge in [0.1, 0.15) is 11.6 Å². The summed E-state index contributed by atoms with van der Waals surface area (Å²) in [7, 11) is 0. The van der Waals surface area contributed by atoms with Crippen LogP contribution < -0.4 is 4.74 Å². The summed E-state index contributed by atoms with van der Waals surface area (Å²) >= 11 is 0. The molecule has 0 radical (unpaired) electrons. The highest BCUT2D eigenvalue weighted by molar-refractivity contribution is 5.86. The first-order chi connectivity index (χ1) is 13.7. The molecule has 0 N–H and O–H groups in total. The van der Waals surface area contributed by atoms with Crippen molar-refractivity contribution in [1.29, 1.82) is 0 Å². The lowest BCUT2D eigenvalue weighted by atomic mass is 10.0. The number of hydrogen-bond acceptors (Lipinski definition) is 1. The molecule has 0 aliphatic rings. The van der Waals surface area contributed by atoms with Gasteiger partial charge in [-0.25, -0.2) is 13.2 Å². The van der Waals surface area contributed by atoms with Crippen molar-refractivity contribution in [2.45, 2.75) is 26.1 Å². The molecule has 1 nitrogen and oxygen atoms in total. The molecule has 0 spiro atoms. The van der Waals surface area contributed by atoms with Gasteiger partial charge in [-0.1, -0.05) is 37.3 Å². The number of aryl methyl sites for hydroxylation is 1. The average molecular weight is 408 g/mol. The van der Waals surface area contributed by atoms with E-state index >= 15 is 0 Å². The average Bonchev–Trinajstić information content (AvgIpc) is 2.63. The largest absolute Gasteiger partial charge is 0.573 e. The predicted octanol–water partition coefficient (Wildman–Crippen LogP) is 6.51. The van der Waals surface area contributed by atoms with E-state index in [0.29, 0.717) is 17.5 Å². The van der Waals surface area contributed by atoms with Crippen LogP contribution in [0.25, 0.3) is 10.8 Å². The molecule has 0 aliphatic carbocycles. The highest BCUT2D eigenvalue weighted by Gasteiger charge is 2.32. The van der Waals surface area contributed by atoms with E-state index in [-0.39, 0.29) is 16.3 Å². The maximum absolute atomic E-state index is 14.2. The topological polar surface area (TPSA) is 9.23 Å². The van der Waals surface area contributed by atoms with Crippen molar-refractivity contribution >= 4 is 10.8 Å². The summed E-state index contributed by atoms with van der Waals surface area (Å²) in [6, 6.07) is 8.54. The summed E-state index contributed by atoms with van der Waals surface area (Å²) < 4.78 is 83.1. The van der Waals surface area contributed by atoms with E-state index in [4.69, 9.17) is 0 Å². The fourth-order valence-corrected chi connectivity index (χ4v) is 2.87. The highest BCUT2D eigenvalue weighted by Crippen LogP contribution is 2.31. The maximum atomic E-state index is 14.2. The molecule has 0 aromatic heterocycles. The molecule has 3 rings (SSSR count). The smallest absolute Gasteiger partial charge is 0.403 e. The predicted molar refractivity (Wildman–Crippen MR) is 96.9 cm³/mol. The van der Waals surface area contributed by atoms with Crippen LogP contribution in [0.1, 0.15) is 30.0 Å². The van der Waals surface area contributed by atoms with Crippen molar-refractivity contribution in [3.05, 3.63) is 76.6 Å². The molecule has 0 atom stereocenters. The van der Waals surface area contributed by atoms with Gasteiger partial charge in [-0.2, -0.15) is 0 Å². The summed E-state index contributed by atoms with van der Waals surface area (Å²) in [4.78, 5) is 0. The minimum Gasteiger partial charge on any atom is -0.403 e. The van der Waals surface area contributed by atoms with Gasteiger partial charge >= 0.3 is 6.36 Å². The van der Waals surface area contributed by atoms with Gasteiger partial charge in [-0.3, -0.25) is 0 Å². The van der Waals surface area contributed by atoms with Crippen molar-refractivity contribution in [3.63, 3.8) is 0 Å². The van der Waals surface area contributed by atoms with E-state index in [9.17, 15) is 26.3 Å². The Labute approximate surface area is 162 Å². The molecule has 3 aromatic rings. The van der Waals surface area contributed by atoms with Crippen molar-refractivity contribution in [2.24, 2.45) is 0 Å². The van der Waals surface area contributed by atoms with Gasteiger partial charge in [0, 0.05) is 10.9 Å². The van der Waals surface area contributed by atoms with Crippen LogP contribution >= 0.6 is 0 Å². The number of benzene rings is 3. The van der Waals surface area contributed by atoms with Crippen molar-refractivity contribution in [1.82, 2.24) is 0 Å². The van der Waals surface area contributed by atoms with Gasteiger partial charge in [0.05, 0.1) is 5.56 Å². The molecule has 0 aliphatic heterocycles. The first-order valence-corrected chi connectivity index (χ1v) is 8.66. The van der Waals surface area contributed by atoms with Gasteiger partial charge in [0.2, 0.25) is 0 Å². The summed E-state index contributed by atoms with van der Waals surface area (Å²) in [5, 5.41) is 0.168. The van der Waals surface area contributed by atoms with Gasteiger partial charge in [0.25, 0.3) is 0 Å². The van der Waals surface area contributed by atoms with Crippen LogP contribution in [0.2, 0.25) is 0 Å². The van der Waals surface area contributed by atoms with Gasteiger partial charge in [0.15, 0.2) is 11.6 Å². The zero-order valence-corrected chi connectivity index (χ0v) is 15.1. The van der Waals surface area contributed by atoms with Crippen LogP contribution in [-0.2, 0) is 6.42 Å². The molecule has 0 saturated carbocycles. The molecule has 150 valence electrons. The Morgan fingerprint density at radius 2 is 1.59 bits per heavy atom. The fraction of sp³-hybridized carbons (Fsp3) is 0.182. The van der Waals surface area contributed by atoms with Crippen LogP contribution in [0.4, 0.5) is 26.3 Å². The first-order valence-electron chi connectivity index (χ1n) is 8.66. The van der Waals surface area contributed by atoms with E-state index in [2.05, 4.69) is 16.6 Å². The molecule has 0 saturated heterocycles. The third-order valence-electron chi connectivity index (χ3n) is 4.12. The van der Waals surface area contributed by atoms with Crippen molar-refractivity contribution in [3.8, 4) is 17.6 Å². The van der Waals surface area contributed by atoms with Crippen LogP contribution in [0, 0.1) is 29.3 Å². The number of hydrogen-bond donors (Lipinski definition) is 0. The quantitative estimate of drug-likeness (QED) is 0.355. The molecule has 0 bridgehead atoms. The first kappa shape index (κ1) is 20.6.